The molecule has 0 aliphatic carbocycles. The van der Waals surface area contributed by atoms with E-state index in [1.54, 1.807) is 6.07 Å². The number of aliphatic imine (C=N–C) groups is 1. The number of methoxy groups -OCH3 is 1. The summed E-state index contributed by atoms with van der Waals surface area (Å²) in [4.78, 5) is 4.80. The van der Waals surface area contributed by atoms with E-state index in [-0.39, 0.29) is 22.8 Å². The summed E-state index contributed by atoms with van der Waals surface area (Å²) in [5.41, 5.74) is 0.240. The molecule has 29 heavy (non-hydrogen) atoms. The van der Waals surface area contributed by atoms with Gasteiger partial charge in [0.05, 0.1) is 24.7 Å². The number of halogens is 2. The number of sulfonamides is 1. The lowest BCUT2D eigenvalue weighted by Crippen LogP contribution is -2.52. The molecule has 1 unspecified atom stereocenters. The molecule has 1 N–H and O–H groups in total. The number of benzene rings is 2. The fraction of sp³-hybridized carbons (Fsp3) is 0.211. The van der Waals surface area contributed by atoms with Gasteiger partial charge in [0.1, 0.15) is 11.6 Å². The molecule has 0 saturated carbocycles. The molecular weight excluding hydrogens is 404 g/mol. The first kappa shape index (κ1) is 20.7. The second-order valence-corrected chi connectivity index (χ2v) is 8.02. The molecule has 10 heteroatoms. The Balaban J connectivity index is 1.91. The van der Waals surface area contributed by atoms with Crippen LogP contribution in [0.4, 0.5) is 8.78 Å². The largest absolute Gasteiger partial charge is 0.497 e. The van der Waals surface area contributed by atoms with Gasteiger partial charge in [0.25, 0.3) is 10.0 Å². The van der Waals surface area contributed by atoms with Crippen LogP contribution in [-0.4, -0.2) is 49.1 Å². The van der Waals surface area contributed by atoms with Crippen molar-refractivity contribution in [2.45, 2.75) is 17.8 Å². The Bertz CT molecular complexity index is 1060. The number of rotatable bonds is 5. The monoisotopic (exact) mass is 423 g/mol. The Hall–Kier alpha value is -2.98. The van der Waals surface area contributed by atoms with Crippen LogP contribution in [0.5, 0.6) is 5.75 Å². The van der Waals surface area contributed by atoms with Crippen LogP contribution in [0, 0.1) is 5.82 Å². The van der Waals surface area contributed by atoms with Crippen LogP contribution in [0.3, 0.4) is 0 Å². The molecule has 0 bridgehead atoms. The molecule has 2 aromatic carbocycles. The van der Waals surface area contributed by atoms with Crippen LogP contribution in [0.1, 0.15) is 5.56 Å². The standard InChI is InChI=1S/C19H19F2N3O4S/c1-23-18(22-11-13-5-3-4-6-16(13)20)17(21)12-24(19(23)25)29(26,27)15-9-7-14(28-2)8-10-15/h3-10,12,19,25H,11H2,1-2H3. The van der Waals surface area contributed by atoms with Gasteiger partial charge in [0.15, 0.2) is 11.7 Å². The predicted octanol–water partition coefficient (Wildman–Crippen LogP) is 2.46. The van der Waals surface area contributed by atoms with Gasteiger partial charge in [-0.05, 0) is 30.3 Å². The second kappa shape index (κ2) is 8.18. The lowest BCUT2D eigenvalue weighted by Gasteiger charge is -2.37. The number of aliphatic hydroxyl groups excluding tert-OH is 1. The molecule has 154 valence electrons. The minimum atomic E-state index is -4.24. The molecule has 1 atom stereocenters. The van der Waals surface area contributed by atoms with Crippen LogP contribution in [0.15, 0.2) is 70.4 Å². The third kappa shape index (κ3) is 4.08. The Kier molecular flexibility index (Phi) is 5.85. The van der Waals surface area contributed by atoms with E-state index >= 15 is 0 Å². The van der Waals surface area contributed by atoms with E-state index < -0.39 is 28.0 Å². The summed E-state index contributed by atoms with van der Waals surface area (Å²) in [7, 11) is -1.52. The minimum absolute atomic E-state index is 0.151. The number of aliphatic hydroxyl groups is 1. The highest BCUT2D eigenvalue weighted by Gasteiger charge is 2.37. The third-order valence-corrected chi connectivity index (χ3v) is 6.07. The number of ether oxygens (including phenoxy) is 1. The zero-order valence-corrected chi connectivity index (χ0v) is 16.5. The average molecular weight is 423 g/mol. The minimum Gasteiger partial charge on any atom is -0.497 e. The van der Waals surface area contributed by atoms with Crippen LogP contribution in [0.2, 0.25) is 0 Å². The molecule has 0 radical (unpaired) electrons. The summed E-state index contributed by atoms with van der Waals surface area (Å²) in [6.45, 7) is -0.175. The molecule has 0 amide bonds. The smallest absolute Gasteiger partial charge is 0.267 e. The van der Waals surface area contributed by atoms with E-state index in [1.165, 1.54) is 56.6 Å². The maximum absolute atomic E-state index is 14.6. The third-order valence-electron chi connectivity index (χ3n) is 4.35. The average Bonchev–Trinajstić information content (AvgIpc) is 2.71. The summed E-state index contributed by atoms with van der Waals surface area (Å²) in [5.74, 6) is -1.32. The number of amidine groups is 1. The van der Waals surface area contributed by atoms with Crippen molar-refractivity contribution in [1.82, 2.24) is 9.21 Å². The van der Waals surface area contributed by atoms with Crippen LogP contribution < -0.4 is 4.74 Å². The highest BCUT2D eigenvalue weighted by molar-refractivity contribution is 7.89. The second-order valence-electron chi connectivity index (χ2n) is 6.18. The van der Waals surface area contributed by atoms with Gasteiger partial charge < -0.3 is 14.7 Å². The van der Waals surface area contributed by atoms with Crippen molar-refractivity contribution in [3.05, 3.63) is 71.9 Å². The number of hydrogen-bond acceptors (Lipinski definition) is 5. The first-order chi connectivity index (χ1) is 13.8. The quantitative estimate of drug-likeness (QED) is 0.799. The van der Waals surface area contributed by atoms with Gasteiger partial charge in [-0.2, -0.15) is 0 Å². The topological polar surface area (TPSA) is 82.4 Å². The molecule has 2 aromatic rings. The van der Waals surface area contributed by atoms with E-state index in [0.717, 1.165) is 4.90 Å². The van der Waals surface area contributed by atoms with Gasteiger partial charge in [-0.15, -0.1) is 0 Å². The molecule has 3 rings (SSSR count). The van der Waals surface area contributed by atoms with Crippen LogP contribution in [0.25, 0.3) is 0 Å². The van der Waals surface area contributed by atoms with Crippen molar-refractivity contribution in [3.8, 4) is 5.75 Å². The highest BCUT2D eigenvalue weighted by Crippen LogP contribution is 2.27. The van der Waals surface area contributed by atoms with E-state index in [1.807, 2.05) is 0 Å². The molecule has 1 heterocycles. The Morgan fingerprint density at radius 1 is 1.14 bits per heavy atom. The maximum Gasteiger partial charge on any atom is 0.267 e. The first-order valence-corrected chi connectivity index (χ1v) is 9.93. The zero-order chi connectivity index (χ0) is 21.2. The summed E-state index contributed by atoms with van der Waals surface area (Å²) < 4.78 is 59.5. The van der Waals surface area contributed by atoms with Gasteiger partial charge in [-0.25, -0.2) is 21.5 Å². The van der Waals surface area contributed by atoms with E-state index in [2.05, 4.69) is 4.99 Å². The molecule has 0 saturated heterocycles. The predicted molar refractivity (Wildman–Crippen MR) is 103 cm³/mol. The van der Waals surface area contributed by atoms with Crippen LogP contribution in [-0.2, 0) is 16.6 Å². The number of nitrogens with zero attached hydrogens (tertiary/aromatic N) is 3. The lowest BCUT2D eigenvalue weighted by molar-refractivity contribution is -0.00999. The number of likely N-dealkylation sites (N-methyl/N-ethyl adjacent to an activating group) is 1. The van der Waals surface area contributed by atoms with E-state index in [9.17, 15) is 22.3 Å². The van der Waals surface area contributed by atoms with Crippen molar-refractivity contribution in [3.63, 3.8) is 0 Å². The SMILES string of the molecule is COc1ccc(S(=O)(=O)N2C=C(F)C(=NCc3ccccc3F)N(C)C2O)cc1. The normalized spacial score (nSPS) is 18.7. The summed E-state index contributed by atoms with van der Waals surface area (Å²) in [5, 5.41) is 10.5. The van der Waals surface area contributed by atoms with Crippen molar-refractivity contribution >= 4 is 15.9 Å². The highest BCUT2D eigenvalue weighted by atomic mass is 32.2. The molecular formula is C19H19F2N3O4S. The Labute approximate surface area is 167 Å². The van der Waals surface area contributed by atoms with Gasteiger partial charge in [-0.3, -0.25) is 4.99 Å². The number of hydrogen-bond donors (Lipinski definition) is 1. The first-order valence-electron chi connectivity index (χ1n) is 8.49. The lowest BCUT2D eigenvalue weighted by atomic mass is 10.2. The van der Waals surface area contributed by atoms with Gasteiger partial charge in [0.2, 0.25) is 6.35 Å². The Morgan fingerprint density at radius 2 is 1.79 bits per heavy atom. The fourth-order valence-electron chi connectivity index (χ4n) is 2.72. The van der Waals surface area contributed by atoms with Crippen LogP contribution >= 0.6 is 0 Å². The molecule has 0 aromatic heterocycles. The van der Waals surface area contributed by atoms with Crippen molar-refractivity contribution in [1.29, 1.82) is 0 Å². The van der Waals surface area contributed by atoms with Gasteiger partial charge >= 0.3 is 0 Å². The van der Waals surface area contributed by atoms with Crippen molar-refractivity contribution in [2.75, 3.05) is 14.2 Å². The molecule has 0 spiro atoms. The summed E-state index contributed by atoms with van der Waals surface area (Å²) in [6.07, 6.45) is -1.08. The summed E-state index contributed by atoms with van der Waals surface area (Å²) in [6, 6.07) is 11.3. The van der Waals surface area contributed by atoms with Gasteiger partial charge in [0, 0.05) is 12.6 Å². The zero-order valence-electron chi connectivity index (χ0n) is 15.7. The van der Waals surface area contributed by atoms with E-state index in [4.69, 9.17) is 4.74 Å². The molecule has 1 aliphatic heterocycles. The summed E-state index contributed by atoms with van der Waals surface area (Å²) >= 11 is 0. The molecule has 7 nitrogen and oxygen atoms in total. The Morgan fingerprint density at radius 3 is 2.41 bits per heavy atom. The van der Waals surface area contributed by atoms with E-state index in [0.29, 0.717) is 16.3 Å². The fourth-order valence-corrected chi connectivity index (χ4v) is 4.07. The van der Waals surface area contributed by atoms with Gasteiger partial charge in [-0.1, -0.05) is 18.2 Å². The maximum atomic E-state index is 14.6. The van der Waals surface area contributed by atoms with Crippen molar-refractivity contribution in [2.24, 2.45) is 4.99 Å². The molecule has 1 aliphatic rings. The van der Waals surface area contributed by atoms with Crippen molar-refractivity contribution < 1.29 is 27.0 Å². The molecule has 0 fully saturated rings.